The Kier molecular flexibility index (Phi) is 7.15. The lowest BCUT2D eigenvalue weighted by molar-refractivity contribution is -0.140. The molecule has 6 nitrogen and oxygen atoms in total. The highest BCUT2D eigenvalue weighted by Crippen LogP contribution is 2.17. The molecule has 0 heterocycles. The van der Waals surface area contributed by atoms with Crippen LogP contribution in [0.15, 0.2) is 58.7 Å². The molecule has 0 fully saturated rings. The molecule has 0 bridgehead atoms. The molecule has 2 aromatic rings. The molecule has 0 saturated heterocycles. The fraction of sp³-hybridized carbons (Fsp3) is 0.105. The molecule has 0 spiro atoms. The molecule has 2 aromatic carbocycles. The van der Waals surface area contributed by atoms with Crippen molar-refractivity contribution in [2.45, 2.75) is 13.0 Å². The Morgan fingerprint density at radius 3 is 2.33 bits per heavy atom. The lowest BCUT2D eigenvalue weighted by Crippen LogP contribution is -2.42. The molecule has 0 aliphatic rings. The lowest BCUT2D eigenvalue weighted by atomic mass is 10.1. The van der Waals surface area contributed by atoms with Gasteiger partial charge >= 0.3 is 5.97 Å². The smallest absolute Gasteiger partial charge is 0.325 e. The van der Waals surface area contributed by atoms with Crippen molar-refractivity contribution in [2.24, 2.45) is 0 Å². The van der Waals surface area contributed by atoms with Gasteiger partial charge in [0.05, 0.1) is 5.56 Å². The predicted octanol–water partition coefficient (Wildman–Crippen LogP) is 3.46. The monoisotopic (exact) mass is 450 g/mol. The molecule has 2 amide bonds. The van der Waals surface area contributed by atoms with Crippen molar-refractivity contribution >= 4 is 51.4 Å². The second kappa shape index (κ2) is 9.34. The third-order valence-electron chi connectivity index (χ3n) is 3.51. The highest BCUT2D eigenvalue weighted by atomic mass is 79.9. The maximum absolute atomic E-state index is 12.5. The first-order chi connectivity index (χ1) is 12.8. The van der Waals surface area contributed by atoms with Gasteiger partial charge in [-0.3, -0.25) is 14.4 Å². The molecule has 140 valence electrons. The number of carbonyl (C=O) groups is 3. The number of benzene rings is 2. The summed E-state index contributed by atoms with van der Waals surface area (Å²) in [5.41, 5.74) is 0.852. The summed E-state index contributed by atoms with van der Waals surface area (Å²) in [5.74, 6) is -2.42. The molecule has 2 rings (SSSR count). The zero-order valence-corrected chi connectivity index (χ0v) is 16.5. The second-order valence-corrected chi connectivity index (χ2v) is 6.87. The maximum atomic E-state index is 12.5. The zero-order chi connectivity index (χ0) is 20.0. The molecule has 3 N–H and O–H groups in total. The largest absolute Gasteiger partial charge is 0.480 e. The van der Waals surface area contributed by atoms with Gasteiger partial charge in [0.2, 0.25) is 0 Å². The van der Waals surface area contributed by atoms with Gasteiger partial charge in [0.1, 0.15) is 11.7 Å². The Morgan fingerprint density at radius 2 is 1.74 bits per heavy atom. The highest BCUT2D eigenvalue weighted by Gasteiger charge is 2.20. The minimum absolute atomic E-state index is 0.0915. The number of carbonyl (C=O) groups excluding carboxylic acids is 2. The number of aliphatic carboxylic acids is 1. The van der Waals surface area contributed by atoms with Crippen LogP contribution in [0.4, 0.5) is 0 Å². The van der Waals surface area contributed by atoms with E-state index in [1.807, 2.05) is 0 Å². The average Bonchev–Trinajstić information content (AvgIpc) is 2.63. The first kappa shape index (κ1) is 20.7. The van der Waals surface area contributed by atoms with Gasteiger partial charge in [-0.05, 0) is 58.8 Å². The second-order valence-electron chi connectivity index (χ2n) is 5.58. The van der Waals surface area contributed by atoms with Gasteiger partial charge in [0.15, 0.2) is 0 Å². The van der Waals surface area contributed by atoms with E-state index in [4.69, 9.17) is 16.7 Å². The molecule has 1 atom stereocenters. The summed E-state index contributed by atoms with van der Waals surface area (Å²) < 4.78 is 0.563. The van der Waals surface area contributed by atoms with E-state index in [2.05, 4.69) is 26.6 Å². The maximum Gasteiger partial charge on any atom is 0.325 e. The summed E-state index contributed by atoms with van der Waals surface area (Å²) in [6.07, 6.45) is 1.44. The Morgan fingerprint density at radius 1 is 1.11 bits per heavy atom. The molecule has 0 radical (unpaired) electrons. The van der Waals surface area contributed by atoms with Crippen LogP contribution >= 0.6 is 27.5 Å². The first-order valence-corrected chi connectivity index (χ1v) is 9.02. The van der Waals surface area contributed by atoms with Crippen LogP contribution in [0.5, 0.6) is 0 Å². The van der Waals surface area contributed by atoms with Gasteiger partial charge in [-0.2, -0.15) is 0 Å². The normalized spacial score (nSPS) is 12.2. The molecule has 0 aliphatic heterocycles. The standard InChI is InChI=1S/C19H16BrClN2O4/c1-11(19(26)27)22-18(25)16(10-12-6-8-13(21)9-7-12)23-17(24)14-4-2-3-5-15(14)20/h2-11H,1H3,(H,22,25)(H,23,24)(H,26,27). The van der Waals surface area contributed by atoms with Crippen molar-refractivity contribution in [3.8, 4) is 0 Å². The third kappa shape index (κ3) is 5.94. The van der Waals surface area contributed by atoms with Crippen molar-refractivity contribution in [3.05, 3.63) is 74.9 Å². The van der Waals surface area contributed by atoms with Crippen LogP contribution < -0.4 is 10.6 Å². The Balaban J connectivity index is 2.32. The van der Waals surface area contributed by atoms with Gasteiger partial charge in [0, 0.05) is 9.50 Å². The van der Waals surface area contributed by atoms with Crippen molar-refractivity contribution in [1.82, 2.24) is 10.6 Å². The van der Waals surface area contributed by atoms with Crippen LogP contribution in [0.2, 0.25) is 5.02 Å². The Hall–Kier alpha value is -2.64. The molecule has 8 heteroatoms. The molecule has 0 aliphatic carbocycles. The molecule has 0 saturated carbocycles. The molecule has 1 unspecified atom stereocenters. The van der Waals surface area contributed by atoms with Crippen LogP contribution in [0.1, 0.15) is 22.8 Å². The van der Waals surface area contributed by atoms with Crippen LogP contribution in [0.3, 0.4) is 0 Å². The van der Waals surface area contributed by atoms with Gasteiger partial charge in [-0.25, -0.2) is 0 Å². The average molecular weight is 452 g/mol. The summed E-state index contributed by atoms with van der Waals surface area (Å²) in [7, 11) is 0. The van der Waals surface area contributed by atoms with Gasteiger partial charge in [-0.15, -0.1) is 0 Å². The van der Waals surface area contributed by atoms with E-state index in [9.17, 15) is 14.4 Å². The van der Waals surface area contributed by atoms with Crippen LogP contribution in [0.25, 0.3) is 6.08 Å². The molecular formula is C19H16BrClN2O4. The van der Waals surface area contributed by atoms with E-state index < -0.39 is 23.8 Å². The third-order valence-corrected chi connectivity index (χ3v) is 4.45. The number of hydrogen-bond acceptors (Lipinski definition) is 3. The lowest BCUT2D eigenvalue weighted by Gasteiger charge is -2.14. The van der Waals surface area contributed by atoms with Crippen LogP contribution in [-0.4, -0.2) is 28.9 Å². The number of hydrogen-bond donors (Lipinski definition) is 3. The van der Waals surface area contributed by atoms with Crippen molar-refractivity contribution in [2.75, 3.05) is 0 Å². The Bertz CT molecular complexity index is 897. The Labute approximate surface area is 169 Å². The van der Waals surface area contributed by atoms with Crippen molar-refractivity contribution in [1.29, 1.82) is 0 Å². The number of rotatable bonds is 6. The number of amides is 2. The molecular weight excluding hydrogens is 436 g/mol. The quantitative estimate of drug-likeness (QED) is 0.586. The number of carboxylic acid groups (broad SMARTS) is 1. The molecule has 27 heavy (non-hydrogen) atoms. The van der Waals surface area contributed by atoms with Crippen LogP contribution in [0, 0.1) is 0 Å². The highest BCUT2D eigenvalue weighted by molar-refractivity contribution is 9.10. The summed E-state index contributed by atoms with van der Waals surface area (Å²) >= 11 is 9.14. The summed E-state index contributed by atoms with van der Waals surface area (Å²) in [5, 5.41) is 14.4. The topological polar surface area (TPSA) is 95.5 Å². The van der Waals surface area contributed by atoms with E-state index in [-0.39, 0.29) is 5.70 Å². The molecule has 0 aromatic heterocycles. The van der Waals surface area contributed by atoms with Gasteiger partial charge < -0.3 is 15.7 Å². The first-order valence-electron chi connectivity index (χ1n) is 7.84. The number of nitrogens with one attached hydrogen (secondary N) is 2. The number of halogens is 2. The van der Waals surface area contributed by atoms with Crippen molar-refractivity contribution < 1.29 is 19.5 Å². The van der Waals surface area contributed by atoms with E-state index in [0.717, 1.165) is 0 Å². The van der Waals surface area contributed by atoms with Gasteiger partial charge in [-0.1, -0.05) is 35.9 Å². The predicted molar refractivity (Wildman–Crippen MR) is 106 cm³/mol. The number of carboxylic acids is 1. The fourth-order valence-electron chi connectivity index (χ4n) is 2.06. The van der Waals surface area contributed by atoms with Gasteiger partial charge in [0.25, 0.3) is 11.8 Å². The minimum Gasteiger partial charge on any atom is -0.480 e. The van der Waals surface area contributed by atoms with E-state index >= 15 is 0 Å². The fourth-order valence-corrected chi connectivity index (χ4v) is 2.65. The summed E-state index contributed by atoms with van der Waals surface area (Å²) in [4.78, 5) is 36.0. The zero-order valence-electron chi connectivity index (χ0n) is 14.2. The van der Waals surface area contributed by atoms with E-state index in [1.54, 1.807) is 48.5 Å². The van der Waals surface area contributed by atoms with E-state index in [0.29, 0.717) is 20.6 Å². The summed E-state index contributed by atoms with van der Waals surface area (Å²) in [6.45, 7) is 1.33. The minimum atomic E-state index is -1.19. The van der Waals surface area contributed by atoms with Crippen LogP contribution in [-0.2, 0) is 9.59 Å². The SMILES string of the molecule is CC(NC(=O)C(=Cc1ccc(Cl)cc1)NC(=O)c1ccccc1Br)C(=O)O. The van der Waals surface area contributed by atoms with Crippen molar-refractivity contribution in [3.63, 3.8) is 0 Å². The van der Waals surface area contributed by atoms with E-state index in [1.165, 1.54) is 13.0 Å². The summed E-state index contributed by atoms with van der Waals surface area (Å²) in [6, 6.07) is 12.2.